The second kappa shape index (κ2) is 5.84. The monoisotopic (exact) mass is 333 g/mol. The third kappa shape index (κ3) is 3.15. The van der Waals surface area contributed by atoms with Gasteiger partial charge < -0.3 is 9.63 Å². The van der Waals surface area contributed by atoms with Crippen LogP contribution in [0.3, 0.4) is 0 Å². The molecule has 2 aromatic carbocycles. The molecule has 0 aliphatic carbocycles. The zero-order valence-corrected chi connectivity index (χ0v) is 12.0. The smallest absolute Gasteiger partial charge is 0.416 e. The Morgan fingerprint density at radius 1 is 0.958 bits per heavy atom. The van der Waals surface area contributed by atoms with Crippen LogP contribution in [0.15, 0.2) is 59.1 Å². The number of rotatable bonds is 3. The van der Waals surface area contributed by atoms with Crippen LogP contribution in [0, 0.1) is 0 Å². The van der Waals surface area contributed by atoms with Crippen molar-refractivity contribution in [1.82, 2.24) is 5.16 Å². The van der Waals surface area contributed by atoms with Crippen LogP contribution >= 0.6 is 0 Å². The van der Waals surface area contributed by atoms with Gasteiger partial charge in [0.25, 0.3) is 0 Å². The molecule has 0 radical (unpaired) electrons. The van der Waals surface area contributed by atoms with Crippen LogP contribution in [0.5, 0.6) is 0 Å². The topological polar surface area (TPSA) is 63.3 Å². The molecule has 0 unspecified atom stereocenters. The van der Waals surface area contributed by atoms with Gasteiger partial charge in [-0.05, 0) is 24.3 Å². The average Bonchev–Trinajstić information content (AvgIpc) is 3.04. The first-order valence-electron chi connectivity index (χ1n) is 6.83. The van der Waals surface area contributed by atoms with E-state index in [1.807, 2.05) is 0 Å². The van der Waals surface area contributed by atoms with Gasteiger partial charge in [0, 0.05) is 17.2 Å². The third-order valence-electron chi connectivity index (χ3n) is 3.43. The van der Waals surface area contributed by atoms with E-state index in [4.69, 9.17) is 9.63 Å². The van der Waals surface area contributed by atoms with Crippen LogP contribution in [0.4, 0.5) is 13.2 Å². The number of alkyl halides is 3. The first-order chi connectivity index (χ1) is 11.3. The summed E-state index contributed by atoms with van der Waals surface area (Å²) in [4.78, 5) is 10.8. The molecule has 122 valence electrons. The number of nitrogens with zero attached hydrogens (tertiary/aromatic N) is 1. The van der Waals surface area contributed by atoms with Gasteiger partial charge in [0.1, 0.15) is 5.69 Å². The van der Waals surface area contributed by atoms with E-state index >= 15 is 0 Å². The van der Waals surface area contributed by atoms with Crippen LogP contribution in [0.2, 0.25) is 0 Å². The fourth-order valence-electron chi connectivity index (χ4n) is 2.15. The number of hydrogen-bond acceptors (Lipinski definition) is 3. The van der Waals surface area contributed by atoms with Gasteiger partial charge in [0.05, 0.1) is 11.1 Å². The fourth-order valence-corrected chi connectivity index (χ4v) is 2.15. The van der Waals surface area contributed by atoms with Crippen LogP contribution < -0.4 is 0 Å². The highest BCUT2D eigenvalue weighted by molar-refractivity contribution is 5.88. The quantitative estimate of drug-likeness (QED) is 0.753. The van der Waals surface area contributed by atoms with Crippen molar-refractivity contribution in [2.75, 3.05) is 0 Å². The molecule has 0 saturated carbocycles. The van der Waals surface area contributed by atoms with Gasteiger partial charge in [-0.15, -0.1) is 0 Å². The Kier molecular flexibility index (Phi) is 3.84. The summed E-state index contributed by atoms with van der Waals surface area (Å²) >= 11 is 0. The normalized spacial score (nSPS) is 11.5. The molecule has 0 saturated heterocycles. The van der Waals surface area contributed by atoms with Crippen molar-refractivity contribution in [2.24, 2.45) is 0 Å². The number of halogens is 3. The van der Waals surface area contributed by atoms with Crippen LogP contribution in [0.1, 0.15) is 15.9 Å². The van der Waals surface area contributed by atoms with Gasteiger partial charge >= 0.3 is 12.1 Å². The van der Waals surface area contributed by atoms with Gasteiger partial charge in [-0.1, -0.05) is 29.4 Å². The first kappa shape index (κ1) is 15.8. The van der Waals surface area contributed by atoms with Crippen molar-refractivity contribution in [3.05, 3.63) is 65.7 Å². The molecule has 0 spiro atoms. The summed E-state index contributed by atoms with van der Waals surface area (Å²) < 4.78 is 42.9. The number of hydrogen-bond donors (Lipinski definition) is 1. The Bertz CT molecular complexity index is 865. The van der Waals surface area contributed by atoms with E-state index in [1.165, 1.54) is 24.3 Å². The van der Waals surface area contributed by atoms with Gasteiger partial charge in [0.2, 0.25) is 0 Å². The van der Waals surface area contributed by atoms with Crippen molar-refractivity contribution in [3.8, 4) is 22.6 Å². The molecule has 0 fully saturated rings. The Morgan fingerprint density at radius 3 is 2.08 bits per heavy atom. The lowest BCUT2D eigenvalue weighted by Crippen LogP contribution is -2.03. The number of benzene rings is 2. The molecule has 0 aliphatic heterocycles. The van der Waals surface area contributed by atoms with Crippen molar-refractivity contribution in [1.29, 1.82) is 0 Å². The number of carbonyl (C=O) groups is 1. The summed E-state index contributed by atoms with van der Waals surface area (Å²) in [6.45, 7) is 0. The molecular weight excluding hydrogens is 323 g/mol. The predicted molar refractivity (Wildman–Crippen MR) is 79.3 cm³/mol. The minimum absolute atomic E-state index is 0.140. The van der Waals surface area contributed by atoms with Crippen molar-refractivity contribution < 1.29 is 27.6 Å². The third-order valence-corrected chi connectivity index (χ3v) is 3.43. The Labute approximate surface area is 134 Å². The van der Waals surface area contributed by atoms with Crippen molar-refractivity contribution in [3.63, 3.8) is 0 Å². The van der Waals surface area contributed by atoms with Crippen molar-refractivity contribution in [2.45, 2.75) is 6.18 Å². The maximum Gasteiger partial charge on any atom is 0.416 e. The summed E-state index contributed by atoms with van der Waals surface area (Å²) in [6, 6.07) is 12.2. The second-order valence-corrected chi connectivity index (χ2v) is 5.03. The van der Waals surface area contributed by atoms with Crippen LogP contribution in [0.25, 0.3) is 22.6 Å². The highest BCUT2D eigenvalue weighted by Crippen LogP contribution is 2.31. The van der Waals surface area contributed by atoms with E-state index in [-0.39, 0.29) is 5.56 Å². The highest BCUT2D eigenvalue weighted by atomic mass is 19.4. The van der Waals surface area contributed by atoms with E-state index in [0.29, 0.717) is 22.6 Å². The molecule has 4 nitrogen and oxygen atoms in total. The van der Waals surface area contributed by atoms with E-state index < -0.39 is 17.7 Å². The van der Waals surface area contributed by atoms with Gasteiger partial charge in [-0.3, -0.25) is 0 Å². The minimum atomic E-state index is -4.39. The lowest BCUT2D eigenvalue weighted by molar-refractivity contribution is -0.137. The molecule has 0 aliphatic rings. The largest absolute Gasteiger partial charge is 0.478 e. The minimum Gasteiger partial charge on any atom is -0.478 e. The number of carboxylic acids is 1. The Morgan fingerprint density at radius 2 is 1.54 bits per heavy atom. The first-order valence-corrected chi connectivity index (χ1v) is 6.83. The van der Waals surface area contributed by atoms with E-state index in [2.05, 4.69) is 5.16 Å². The molecule has 1 N–H and O–H groups in total. The summed E-state index contributed by atoms with van der Waals surface area (Å²) in [5, 5.41) is 12.7. The lowest BCUT2D eigenvalue weighted by Gasteiger charge is -2.06. The fraction of sp³-hybridized carbons (Fsp3) is 0.0588. The maximum atomic E-state index is 12.6. The molecule has 1 aromatic heterocycles. The van der Waals surface area contributed by atoms with Crippen molar-refractivity contribution >= 4 is 5.97 Å². The molecule has 3 aromatic rings. The highest BCUT2D eigenvalue weighted by Gasteiger charge is 2.30. The zero-order chi connectivity index (χ0) is 17.3. The molecular formula is C17H10F3NO3. The van der Waals surface area contributed by atoms with Gasteiger partial charge in [-0.2, -0.15) is 13.2 Å². The SMILES string of the molecule is O=C(O)c1ccc(-c2cc(-c3ccc(C(F)(F)F)cc3)no2)cc1. The molecule has 0 atom stereocenters. The van der Waals surface area contributed by atoms with E-state index in [9.17, 15) is 18.0 Å². The molecule has 0 bridgehead atoms. The Hall–Kier alpha value is -3.09. The summed E-state index contributed by atoms with van der Waals surface area (Å²) in [5.41, 5.74) is 0.896. The number of carboxylic acid groups (broad SMARTS) is 1. The lowest BCUT2D eigenvalue weighted by atomic mass is 10.1. The number of aromatic nitrogens is 1. The summed E-state index contributed by atoms with van der Waals surface area (Å²) in [7, 11) is 0. The molecule has 0 amide bonds. The zero-order valence-electron chi connectivity index (χ0n) is 12.0. The summed E-state index contributed by atoms with van der Waals surface area (Å²) in [5.74, 6) is -0.647. The van der Waals surface area contributed by atoms with Crippen LogP contribution in [-0.4, -0.2) is 16.2 Å². The van der Waals surface area contributed by atoms with Crippen LogP contribution in [-0.2, 0) is 6.18 Å². The summed E-state index contributed by atoms with van der Waals surface area (Å²) in [6.07, 6.45) is -4.39. The second-order valence-electron chi connectivity index (χ2n) is 5.03. The number of aromatic carboxylic acids is 1. The molecule has 7 heteroatoms. The molecule has 3 rings (SSSR count). The maximum absolute atomic E-state index is 12.6. The molecule has 1 heterocycles. The van der Waals surface area contributed by atoms with Gasteiger partial charge in [-0.25, -0.2) is 4.79 Å². The average molecular weight is 333 g/mol. The van der Waals surface area contributed by atoms with E-state index in [0.717, 1.165) is 12.1 Å². The predicted octanol–water partition coefficient (Wildman–Crippen LogP) is 4.73. The van der Waals surface area contributed by atoms with Gasteiger partial charge in [0.15, 0.2) is 5.76 Å². The Balaban J connectivity index is 1.86. The van der Waals surface area contributed by atoms with E-state index in [1.54, 1.807) is 18.2 Å². The standard InChI is InChI=1S/C17H10F3NO3/c18-17(19,20)13-7-5-10(6-8-13)14-9-15(24-21-14)11-1-3-12(4-2-11)16(22)23/h1-9H,(H,22,23). The molecule has 24 heavy (non-hydrogen) atoms.